The number of H-pyrrole nitrogens is 1. The summed E-state index contributed by atoms with van der Waals surface area (Å²) in [5, 5.41) is 4.58. The van der Waals surface area contributed by atoms with Crippen molar-refractivity contribution in [1.82, 2.24) is 10.3 Å². The second-order valence-electron chi connectivity index (χ2n) is 4.88. The van der Waals surface area contributed by atoms with Crippen molar-refractivity contribution in [2.75, 3.05) is 6.54 Å². The summed E-state index contributed by atoms with van der Waals surface area (Å²) >= 11 is 0. The molecule has 0 radical (unpaired) electrons. The maximum absolute atomic E-state index is 11.9. The van der Waals surface area contributed by atoms with Crippen molar-refractivity contribution >= 4 is 16.7 Å². The van der Waals surface area contributed by atoms with E-state index in [1.807, 2.05) is 19.1 Å². The van der Waals surface area contributed by atoms with Crippen LogP contribution in [0.3, 0.4) is 0 Å². The molecule has 0 unspecified atom stereocenters. The largest absolute Gasteiger partial charge is 0.356 e. The number of carbonyl (C=O) groups is 1. The number of hydrogen-bond donors (Lipinski definition) is 2. The smallest absolute Gasteiger partial charge is 0.155 e. The lowest BCUT2D eigenvalue weighted by molar-refractivity contribution is -0.123. The molecule has 0 saturated carbocycles. The van der Waals surface area contributed by atoms with E-state index in [4.69, 9.17) is 0 Å². The predicted octanol–water partition coefficient (Wildman–Crippen LogP) is 2.12. The Balaban J connectivity index is 2.31. The molecule has 2 aromatic rings. The summed E-state index contributed by atoms with van der Waals surface area (Å²) in [7, 11) is 0. The van der Waals surface area contributed by atoms with Crippen molar-refractivity contribution in [3.8, 4) is 0 Å². The molecule has 1 aliphatic rings. The van der Waals surface area contributed by atoms with Gasteiger partial charge in [-0.25, -0.2) is 0 Å². The van der Waals surface area contributed by atoms with Crippen molar-refractivity contribution < 1.29 is 4.79 Å². The van der Waals surface area contributed by atoms with Gasteiger partial charge < -0.3 is 4.98 Å². The quantitative estimate of drug-likeness (QED) is 0.785. The Hall–Kier alpha value is -1.61. The highest BCUT2D eigenvalue weighted by Gasteiger charge is 2.38. The third-order valence-corrected chi connectivity index (χ3v) is 3.87. The van der Waals surface area contributed by atoms with Gasteiger partial charge in [-0.15, -0.1) is 0 Å². The van der Waals surface area contributed by atoms with E-state index in [-0.39, 0.29) is 5.78 Å². The third kappa shape index (κ3) is 1.35. The first-order valence-electron chi connectivity index (χ1n) is 5.99. The molecule has 0 spiro atoms. The first-order chi connectivity index (χ1) is 8.13. The van der Waals surface area contributed by atoms with Gasteiger partial charge in [0.05, 0.1) is 0 Å². The Kier molecular flexibility index (Phi) is 2.13. The highest BCUT2D eigenvalue weighted by Crippen LogP contribution is 2.33. The number of ketones is 1. The van der Waals surface area contributed by atoms with E-state index in [1.54, 1.807) is 6.92 Å². The number of fused-ring (bicyclic) bond motifs is 3. The van der Waals surface area contributed by atoms with Gasteiger partial charge in [-0.3, -0.25) is 10.1 Å². The Morgan fingerprint density at radius 1 is 1.35 bits per heavy atom. The average Bonchev–Trinajstić information content (AvgIpc) is 2.70. The van der Waals surface area contributed by atoms with Gasteiger partial charge in [0.25, 0.3) is 0 Å². The predicted molar refractivity (Wildman–Crippen MR) is 68.0 cm³/mol. The lowest BCUT2D eigenvalue weighted by Gasteiger charge is -2.32. The lowest BCUT2D eigenvalue weighted by atomic mass is 9.86. The maximum Gasteiger partial charge on any atom is 0.155 e. The minimum absolute atomic E-state index is 0.157. The SMILES string of the molecule is CC(=O)[C@]1(C)NCCc2c1[nH]c1ccccc21. The van der Waals surface area contributed by atoms with Crippen LogP contribution in [0.1, 0.15) is 25.1 Å². The first-order valence-corrected chi connectivity index (χ1v) is 5.99. The molecule has 1 aromatic carbocycles. The Morgan fingerprint density at radius 3 is 2.88 bits per heavy atom. The standard InChI is InChI=1S/C14H16N2O/c1-9(17)14(2)13-11(7-8-15-14)10-5-3-4-6-12(10)16-13/h3-6,15-16H,7-8H2,1-2H3/t14-/m0/s1. The Labute approximate surface area is 100 Å². The fourth-order valence-electron chi connectivity index (χ4n) is 2.71. The third-order valence-electron chi connectivity index (χ3n) is 3.87. The van der Waals surface area contributed by atoms with E-state index in [9.17, 15) is 4.79 Å². The molecule has 1 aromatic heterocycles. The monoisotopic (exact) mass is 228 g/mol. The molecule has 1 aliphatic heterocycles. The molecule has 0 aliphatic carbocycles. The molecular formula is C14H16N2O. The van der Waals surface area contributed by atoms with Crippen LogP contribution in [-0.4, -0.2) is 17.3 Å². The number of para-hydroxylation sites is 1. The molecule has 2 heterocycles. The summed E-state index contributed by atoms with van der Waals surface area (Å²) in [4.78, 5) is 15.3. The van der Waals surface area contributed by atoms with Crippen molar-refractivity contribution in [2.24, 2.45) is 0 Å². The normalized spacial score (nSPS) is 23.6. The number of aromatic amines is 1. The van der Waals surface area contributed by atoms with Gasteiger partial charge >= 0.3 is 0 Å². The van der Waals surface area contributed by atoms with Crippen LogP contribution in [0.25, 0.3) is 10.9 Å². The summed E-state index contributed by atoms with van der Waals surface area (Å²) in [5.74, 6) is 0.157. The second kappa shape index (κ2) is 3.44. The van der Waals surface area contributed by atoms with Crippen molar-refractivity contribution in [2.45, 2.75) is 25.8 Å². The molecule has 0 bridgehead atoms. The van der Waals surface area contributed by atoms with Crippen LogP contribution >= 0.6 is 0 Å². The summed E-state index contributed by atoms with van der Waals surface area (Å²) < 4.78 is 0. The molecule has 0 amide bonds. The highest BCUT2D eigenvalue weighted by molar-refractivity contribution is 5.92. The van der Waals surface area contributed by atoms with Crippen LogP contribution in [0.4, 0.5) is 0 Å². The van der Waals surface area contributed by atoms with Gasteiger partial charge in [0.15, 0.2) is 5.78 Å². The van der Waals surface area contributed by atoms with Crippen LogP contribution in [0.5, 0.6) is 0 Å². The van der Waals surface area contributed by atoms with Gasteiger partial charge in [0.2, 0.25) is 0 Å². The average molecular weight is 228 g/mol. The minimum Gasteiger partial charge on any atom is -0.356 e. The molecular weight excluding hydrogens is 212 g/mol. The van der Waals surface area contributed by atoms with Crippen LogP contribution < -0.4 is 5.32 Å². The zero-order chi connectivity index (χ0) is 12.0. The number of Topliss-reactive ketones (excluding diaryl/α,β-unsaturated/α-hetero) is 1. The van der Waals surface area contributed by atoms with E-state index in [0.717, 1.165) is 24.2 Å². The van der Waals surface area contributed by atoms with Crippen LogP contribution in [0.15, 0.2) is 24.3 Å². The minimum atomic E-state index is -0.563. The van der Waals surface area contributed by atoms with Gasteiger partial charge in [-0.1, -0.05) is 18.2 Å². The van der Waals surface area contributed by atoms with Gasteiger partial charge in [-0.05, 0) is 31.9 Å². The molecule has 88 valence electrons. The van der Waals surface area contributed by atoms with Crippen molar-refractivity contribution in [3.05, 3.63) is 35.5 Å². The molecule has 3 nitrogen and oxygen atoms in total. The van der Waals surface area contributed by atoms with Crippen LogP contribution in [0, 0.1) is 0 Å². The summed E-state index contributed by atoms with van der Waals surface area (Å²) in [5.41, 5.74) is 2.88. The van der Waals surface area contributed by atoms with Crippen molar-refractivity contribution in [3.63, 3.8) is 0 Å². The summed E-state index contributed by atoms with van der Waals surface area (Å²) in [6.07, 6.45) is 0.974. The van der Waals surface area contributed by atoms with Gasteiger partial charge in [0, 0.05) is 23.1 Å². The Morgan fingerprint density at radius 2 is 2.12 bits per heavy atom. The summed E-state index contributed by atoms with van der Waals surface area (Å²) in [6, 6.07) is 8.25. The van der Waals surface area contributed by atoms with E-state index in [0.29, 0.717) is 0 Å². The van der Waals surface area contributed by atoms with Gasteiger partial charge in [0.1, 0.15) is 5.54 Å². The van der Waals surface area contributed by atoms with E-state index >= 15 is 0 Å². The van der Waals surface area contributed by atoms with Gasteiger partial charge in [-0.2, -0.15) is 0 Å². The molecule has 2 N–H and O–H groups in total. The van der Waals surface area contributed by atoms with E-state index in [2.05, 4.69) is 22.4 Å². The highest BCUT2D eigenvalue weighted by atomic mass is 16.1. The molecule has 3 heteroatoms. The summed E-state index contributed by atoms with van der Waals surface area (Å²) in [6.45, 7) is 4.46. The molecule has 17 heavy (non-hydrogen) atoms. The number of rotatable bonds is 1. The lowest BCUT2D eigenvalue weighted by Crippen LogP contribution is -2.50. The zero-order valence-electron chi connectivity index (χ0n) is 10.1. The zero-order valence-corrected chi connectivity index (χ0v) is 10.1. The van der Waals surface area contributed by atoms with Crippen LogP contribution in [-0.2, 0) is 16.8 Å². The number of benzene rings is 1. The number of carbonyl (C=O) groups excluding carboxylic acids is 1. The fourth-order valence-corrected chi connectivity index (χ4v) is 2.71. The molecule has 0 fully saturated rings. The number of hydrogen-bond acceptors (Lipinski definition) is 2. The van der Waals surface area contributed by atoms with E-state index < -0.39 is 5.54 Å². The number of aromatic nitrogens is 1. The van der Waals surface area contributed by atoms with Crippen LogP contribution in [0.2, 0.25) is 0 Å². The first kappa shape index (κ1) is 10.5. The molecule has 0 saturated heterocycles. The molecule has 1 atom stereocenters. The van der Waals surface area contributed by atoms with E-state index in [1.165, 1.54) is 10.9 Å². The maximum atomic E-state index is 11.9. The topological polar surface area (TPSA) is 44.9 Å². The second-order valence-corrected chi connectivity index (χ2v) is 4.88. The molecule has 3 rings (SSSR count). The number of nitrogens with one attached hydrogen (secondary N) is 2. The van der Waals surface area contributed by atoms with Crippen molar-refractivity contribution in [1.29, 1.82) is 0 Å². The Bertz CT molecular complexity index is 599. The fraction of sp³-hybridized carbons (Fsp3) is 0.357.